The Morgan fingerprint density at radius 2 is 0.810 bits per heavy atom. The summed E-state index contributed by atoms with van der Waals surface area (Å²) in [6.07, 6.45) is 1.75. The number of aromatic nitrogens is 4. The molecule has 0 saturated carbocycles. The van der Waals surface area contributed by atoms with Gasteiger partial charge in [0.1, 0.15) is 5.82 Å². The van der Waals surface area contributed by atoms with Crippen LogP contribution in [0.5, 0.6) is 0 Å². The Morgan fingerprint density at radius 3 is 1.41 bits per heavy atom. The maximum atomic E-state index is 5.47. The maximum absolute atomic E-state index is 5.47. The first kappa shape index (κ1) is 33.6. The zero-order chi connectivity index (χ0) is 38.7. The normalized spacial score (nSPS) is 11.6. The summed E-state index contributed by atoms with van der Waals surface area (Å²) >= 11 is 0. The van der Waals surface area contributed by atoms with Crippen LogP contribution >= 0.6 is 0 Å². The SMILES string of the molecule is C=CC.c1ccc(-c2nc3c4ccccc4c4ccccc4c3n2-c2cccc(-n3c4ccccc4c4cc5c(cc43)c3ccccc3n5-c3ccccc3)c2)cc1. The number of benzene rings is 9. The molecule has 12 aromatic rings. The number of allylic oxidation sites excluding steroid dienone is 1. The van der Waals surface area contributed by atoms with Crippen molar-refractivity contribution in [2.75, 3.05) is 0 Å². The zero-order valence-corrected chi connectivity index (χ0v) is 32.0. The van der Waals surface area contributed by atoms with Gasteiger partial charge in [-0.3, -0.25) is 4.57 Å². The molecule has 0 spiro atoms. The molecule has 0 atom stereocenters. The van der Waals surface area contributed by atoms with Gasteiger partial charge in [-0.1, -0.05) is 146 Å². The molecular weight excluding hydrogens is 705 g/mol. The lowest BCUT2D eigenvalue weighted by Crippen LogP contribution is -2.01. The molecule has 0 radical (unpaired) electrons. The molecule has 3 heterocycles. The van der Waals surface area contributed by atoms with E-state index in [1.165, 1.54) is 59.8 Å². The van der Waals surface area contributed by atoms with Crippen LogP contribution in [0.3, 0.4) is 0 Å². The second kappa shape index (κ2) is 13.5. The van der Waals surface area contributed by atoms with Crippen molar-refractivity contribution < 1.29 is 0 Å². The van der Waals surface area contributed by atoms with Gasteiger partial charge in [0, 0.05) is 54.9 Å². The number of hydrogen-bond donors (Lipinski definition) is 0. The molecule has 0 aliphatic heterocycles. The summed E-state index contributed by atoms with van der Waals surface area (Å²) in [5.41, 5.74) is 11.3. The van der Waals surface area contributed by atoms with Gasteiger partial charge >= 0.3 is 0 Å². The fraction of sp³-hybridized carbons (Fsp3) is 0.0185. The molecule has 4 nitrogen and oxygen atoms in total. The molecule has 0 aliphatic rings. The number of nitrogens with zero attached hydrogens (tertiary/aromatic N) is 4. The molecule has 12 rings (SSSR count). The van der Waals surface area contributed by atoms with Crippen molar-refractivity contribution in [1.29, 1.82) is 0 Å². The molecule has 0 unspecified atom stereocenters. The molecule has 0 aliphatic carbocycles. The van der Waals surface area contributed by atoms with Crippen molar-refractivity contribution in [1.82, 2.24) is 18.7 Å². The zero-order valence-electron chi connectivity index (χ0n) is 32.0. The van der Waals surface area contributed by atoms with E-state index in [0.29, 0.717) is 0 Å². The van der Waals surface area contributed by atoms with E-state index in [4.69, 9.17) is 4.98 Å². The summed E-state index contributed by atoms with van der Waals surface area (Å²) in [6.45, 7) is 5.25. The Balaban J connectivity index is 0.00000125. The Bertz CT molecular complexity index is 3530. The van der Waals surface area contributed by atoms with Crippen LogP contribution in [-0.2, 0) is 0 Å². The molecule has 0 fully saturated rings. The second-order valence-electron chi connectivity index (χ2n) is 14.8. The van der Waals surface area contributed by atoms with Crippen molar-refractivity contribution in [3.63, 3.8) is 0 Å². The van der Waals surface area contributed by atoms with E-state index in [1.54, 1.807) is 6.08 Å². The standard InChI is InChI=1S/C51H32N4.C3H6/c1-3-16-33(17-4-1)51-52-49-41-26-9-7-22-37(41)38-23-8-10-27-42(38)50(49)55(51)36-21-15-20-35(30-36)54-46-29-14-12-25-40(46)44-31-47-43(32-48(44)54)39-24-11-13-28-45(39)53(47)34-18-5-2-6-19-34;1-3-2/h1-32H;3H,1H2,2H3. The fourth-order valence-electron chi connectivity index (χ4n) is 9.07. The van der Waals surface area contributed by atoms with Crippen LogP contribution in [0.25, 0.3) is 105 Å². The van der Waals surface area contributed by atoms with E-state index < -0.39 is 0 Å². The van der Waals surface area contributed by atoms with Gasteiger partial charge in [0.05, 0.1) is 33.1 Å². The predicted octanol–water partition coefficient (Wildman–Crippen LogP) is 14.4. The maximum Gasteiger partial charge on any atom is 0.145 e. The first-order valence-electron chi connectivity index (χ1n) is 19.8. The Morgan fingerprint density at radius 1 is 0.379 bits per heavy atom. The number of para-hydroxylation sites is 3. The van der Waals surface area contributed by atoms with Gasteiger partial charge in [-0.25, -0.2) is 4.98 Å². The molecule has 3 aromatic heterocycles. The molecule has 0 amide bonds. The van der Waals surface area contributed by atoms with Crippen molar-refractivity contribution in [3.8, 4) is 28.5 Å². The Kier molecular flexibility index (Phi) is 7.83. The first-order valence-corrected chi connectivity index (χ1v) is 19.8. The minimum Gasteiger partial charge on any atom is -0.309 e. The van der Waals surface area contributed by atoms with Crippen molar-refractivity contribution >= 4 is 76.2 Å². The van der Waals surface area contributed by atoms with Crippen LogP contribution in [-0.4, -0.2) is 18.7 Å². The van der Waals surface area contributed by atoms with Crippen LogP contribution < -0.4 is 0 Å². The number of rotatable bonds is 4. The molecule has 9 aromatic carbocycles. The highest BCUT2D eigenvalue weighted by Gasteiger charge is 2.22. The summed E-state index contributed by atoms with van der Waals surface area (Å²) in [5, 5.41) is 9.71. The second-order valence-corrected chi connectivity index (χ2v) is 14.8. The number of fused-ring (bicyclic) bond motifs is 12. The Labute approximate surface area is 335 Å². The third-order valence-corrected chi connectivity index (χ3v) is 11.4. The van der Waals surface area contributed by atoms with E-state index in [0.717, 1.165) is 44.9 Å². The molecule has 0 bridgehead atoms. The largest absolute Gasteiger partial charge is 0.309 e. The van der Waals surface area contributed by atoms with Gasteiger partial charge in [0.15, 0.2) is 0 Å². The monoisotopic (exact) mass is 742 g/mol. The van der Waals surface area contributed by atoms with Crippen molar-refractivity contribution in [2.24, 2.45) is 0 Å². The van der Waals surface area contributed by atoms with Gasteiger partial charge in [-0.05, 0) is 72.3 Å². The van der Waals surface area contributed by atoms with Crippen LogP contribution in [0.15, 0.2) is 207 Å². The summed E-state index contributed by atoms with van der Waals surface area (Å²) in [4.78, 5) is 5.47. The predicted molar refractivity (Wildman–Crippen MR) is 246 cm³/mol. The quantitative estimate of drug-likeness (QED) is 0.130. The fourth-order valence-corrected chi connectivity index (χ4v) is 9.07. The van der Waals surface area contributed by atoms with Gasteiger partial charge in [0.25, 0.3) is 0 Å². The molecular formula is C54H38N4. The van der Waals surface area contributed by atoms with E-state index in [-0.39, 0.29) is 0 Å². The van der Waals surface area contributed by atoms with Gasteiger partial charge < -0.3 is 9.13 Å². The Hall–Kier alpha value is -7.69. The van der Waals surface area contributed by atoms with E-state index in [2.05, 4.69) is 214 Å². The minimum atomic E-state index is 0.923. The molecule has 0 N–H and O–H groups in total. The number of hydrogen-bond acceptors (Lipinski definition) is 1. The van der Waals surface area contributed by atoms with Gasteiger partial charge in [0.2, 0.25) is 0 Å². The molecule has 4 heteroatoms. The highest BCUT2D eigenvalue weighted by atomic mass is 15.1. The third-order valence-electron chi connectivity index (χ3n) is 11.4. The van der Waals surface area contributed by atoms with Crippen LogP contribution in [0.4, 0.5) is 0 Å². The first-order chi connectivity index (χ1) is 28.7. The highest BCUT2D eigenvalue weighted by Crippen LogP contribution is 2.42. The number of imidazole rings is 1. The van der Waals surface area contributed by atoms with Gasteiger partial charge in [-0.2, -0.15) is 0 Å². The van der Waals surface area contributed by atoms with Gasteiger partial charge in [-0.15, -0.1) is 6.58 Å². The van der Waals surface area contributed by atoms with E-state index in [1.807, 2.05) is 6.92 Å². The topological polar surface area (TPSA) is 27.7 Å². The smallest absolute Gasteiger partial charge is 0.145 e. The van der Waals surface area contributed by atoms with Crippen molar-refractivity contribution in [3.05, 3.63) is 207 Å². The lowest BCUT2D eigenvalue weighted by Gasteiger charge is -2.15. The summed E-state index contributed by atoms with van der Waals surface area (Å²) in [5.74, 6) is 0.923. The highest BCUT2D eigenvalue weighted by molar-refractivity contribution is 6.24. The molecule has 274 valence electrons. The van der Waals surface area contributed by atoms with E-state index >= 15 is 0 Å². The summed E-state index contributed by atoms with van der Waals surface area (Å²) in [6, 6.07) is 70.1. The lowest BCUT2D eigenvalue weighted by atomic mass is 10.00. The van der Waals surface area contributed by atoms with Crippen molar-refractivity contribution in [2.45, 2.75) is 6.92 Å². The average Bonchev–Trinajstić information content (AvgIpc) is 3.95. The summed E-state index contributed by atoms with van der Waals surface area (Å²) in [7, 11) is 0. The van der Waals surface area contributed by atoms with Crippen LogP contribution in [0.1, 0.15) is 6.92 Å². The molecule has 58 heavy (non-hydrogen) atoms. The minimum absolute atomic E-state index is 0.923. The average molecular weight is 743 g/mol. The summed E-state index contributed by atoms with van der Waals surface area (Å²) < 4.78 is 7.22. The molecule has 0 saturated heterocycles. The lowest BCUT2D eigenvalue weighted by molar-refractivity contribution is 1.09. The van der Waals surface area contributed by atoms with Crippen LogP contribution in [0.2, 0.25) is 0 Å². The van der Waals surface area contributed by atoms with Crippen LogP contribution in [0, 0.1) is 0 Å². The van der Waals surface area contributed by atoms with E-state index in [9.17, 15) is 0 Å². The third kappa shape index (κ3) is 5.05.